The number of aromatic nitrogens is 2. The zero-order chi connectivity index (χ0) is 13.2. The number of nitrogen functional groups attached to an aromatic ring is 1. The van der Waals surface area contributed by atoms with Crippen LogP contribution in [0, 0.1) is 0 Å². The minimum Gasteiger partial charge on any atom is -0.384 e. The highest BCUT2D eigenvalue weighted by Gasteiger charge is 2.06. The monoisotopic (exact) mass is 264 g/mol. The van der Waals surface area contributed by atoms with Crippen LogP contribution in [0.4, 0.5) is 17.5 Å². The van der Waals surface area contributed by atoms with Crippen LogP contribution in [0.2, 0.25) is 0 Å². The van der Waals surface area contributed by atoms with E-state index in [0.717, 1.165) is 6.26 Å². The number of rotatable bonds is 3. The molecule has 0 bridgehead atoms. The van der Waals surface area contributed by atoms with Gasteiger partial charge in [-0.1, -0.05) is 0 Å². The van der Waals surface area contributed by atoms with Crippen LogP contribution < -0.4 is 11.1 Å². The number of hydrogen-bond acceptors (Lipinski definition) is 6. The van der Waals surface area contributed by atoms with E-state index >= 15 is 0 Å². The standard InChI is InChI=1S/C11H12N4O2S/c1-18(16,17)9-4-2-8(3-5-9)14-11-13-7-6-10(12)15-11/h2-7H,1H3,(H3,12,13,14,15). The third-order valence-corrected chi connectivity index (χ3v) is 3.34. The maximum Gasteiger partial charge on any atom is 0.229 e. The Kier molecular flexibility index (Phi) is 3.15. The van der Waals surface area contributed by atoms with Gasteiger partial charge in [-0.2, -0.15) is 4.98 Å². The molecule has 0 saturated carbocycles. The highest BCUT2D eigenvalue weighted by Crippen LogP contribution is 2.16. The van der Waals surface area contributed by atoms with Crippen LogP contribution in [0.5, 0.6) is 0 Å². The SMILES string of the molecule is CS(=O)(=O)c1ccc(Nc2nccc(N)n2)cc1. The summed E-state index contributed by atoms with van der Waals surface area (Å²) in [7, 11) is -3.18. The number of nitrogens with one attached hydrogen (secondary N) is 1. The summed E-state index contributed by atoms with van der Waals surface area (Å²) in [5, 5.41) is 2.93. The number of anilines is 3. The zero-order valence-electron chi connectivity index (χ0n) is 9.66. The fraction of sp³-hybridized carbons (Fsp3) is 0.0909. The van der Waals surface area contributed by atoms with Crippen molar-refractivity contribution in [3.8, 4) is 0 Å². The Labute approximate surface area is 105 Å². The fourth-order valence-corrected chi connectivity index (χ4v) is 1.98. The average Bonchev–Trinajstić information content (AvgIpc) is 2.28. The molecule has 0 atom stereocenters. The van der Waals surface area contributed by atoms with Crippen LogP contribution in [0.1, 0.15) is 0 Å². The molecule has 0 fully saturated rings. The first-order valence-corrected chi connectivity index (χ1v) is 7.00. The van der Waals surface area contributed by atoms with Crippen LogP contribution in [-0.4, -0.2) is 24.6 Å². The fourth-order valence-electron chi connectivity index (χ4n) is 1.35. The average molecular weight is 264 g/mol. The molecular weight excluding hydrogens is 252 g/mol. The van der Waals surface area contributed by atoms with Crippen LogP contribution in [0.3, 0.4) is 0 Å². The normalized spacial score (nSPS) is 11.2. The highest BCUT2D eigenvalue weighted by molar-refractivity contribution is 7.90. The smallest absolute Gasteiger partial charge is 0.229 e. The Morgan fingerprint density at radius 1 is 1.17 bits per heavy atom. The van der Waals surface area contributed by atoms with Crippen molar-refractivity contribution in [3.05, 3.63) is 36.5 Å². The Bertz CT molecular complexity index is 653. The second kappa shape index (κ2) is 4.61. The highest BCUT2D eigenvalue weighted by atomic mass is 32.2. The lowest BCUT2D eigenvalue weighted by molar-refractivity contribution is 0.602. The van der Waals surface area contributed by atoms with Gasteiger partial charge in [0.2, 0.25) is 5.95 Å². The van der Waals surface area contributed by atoms with E-state index in [1.807, 2.05) is 0 Å². The number of hydrogen-bond donors (Lipinski definition) is 2. The van der Waals surface area contributed by atoms with Crippen molar-refractivity contribution in [2.24, 2.45) is 0 Å². The lowest BCUT2D eigenvalue weighted by Crippen LogP contribution is -2.00. The summed E-state index contributed by atoms with van der Waals surface area (Å²) in [4.78, 5) is 8.23. The second-order valence-electron chi connectivity index (χ2n) is 3.73. The molecule has 1 heterocycles. The Hall–Kier alpha value is -2.15. The van der Waals surface area contributed by atoms with Crippen molar-refractivity contribution in [1.82, 2.24) is 9.97 Å². The first-order chi connectivity index (χ1) is 8.45. The van der Waals surface area contributed by atoms with E-state index in [2.05, 4.69) is 15.3 Å². The van der Waals surface area contributed by atoms with E-state index in [1.165, 1.54) is 18.3 Å². The van der Waals surface area contributed by atoms with E-state index in [4.69, 9.17) is 5.73 Å². The summed E-state index contributed by atoms with van der Waals surface area (Å²) in [6.07, 6.45) is 2.70. The Morgan fingerprint density at radius 2 is 1.83 bits per heavy atom. The molecule has 2 aromatic rings. The van der Waals surface area contributed by atoms with E-state index in [-0.39, 0.29) is 4.90 Å². The van der Waals surface area contributed by atoms with Crippen LogP contribution in [0.15, 0.2) is 41.4 Å². The van der Waals surface area contributed by atoms with Crippen LogP contribution in [-0.2, 0) is 9.84 Å². The van der Waals surface area contributed by atoms with Crippen LogP contribution >= 0.6 is 0 Å². The summed E-state index contributed by atoms with van der Waals surface area (Å²) in [6, 6.07) is 7.90. The molecule has 3 N–H and O–H groups in total. The molecule has 94 valence electrons. The lowest BCUT2D eigenvalue weighted by Gasteiger charge is -2.05. The number of benzene rings is 1. The van der Waals surface area contributed by atoms with Crippen LogP contribution in [0.25, 0.3) is 0 Å². The first kappa shape index (κ1) is 12.3. The molecule has 0 aliphatic heterocycles. The second-order valence-corrected chi connectivity index (χ2v) is 5.74. The third-order valence-electron chi connectivity index (χ3n) is 2.22. The molecule has 0 spiro atoms. The molecule has 0 amide bonds. The summed E-state index contributed by atoms with van der Waals surface area (Å²) in [5.74, 6) is 0.724. The Balaban J connectivity index is 2.21. The summed E-state index contributed by atoms with van der Waals surface area (Å²) in [6.45, 7) is 0. The van der Waals surface area contributed by atoms with Crippen molar-refractivity contribution in [3.63, 3.8) is 0 Å². The molecule has 0 saturated heterocycles. The van der Waals surface area contributed by atoms with Gasteiger partial charge in [0.05, 0.1) is 4.90 Å². The molecule has 0 aliphatic carbocycles. The van der Waals surface area contributed by atoms with Gasteiger partial charge in [0, 0.05) is 18.1 Å². The molecule has 1 aromatic carbocycles. The van der Waals surface area contributed by atoms with Gasteiger partial charge in [-0.05, 0) is 30.3 Å². The van der Waals surface area contributed by atoms with Gasteiger partial charge in [-0.15, -0.1) is 0 Å². The molecule has 6 nitrogen and oxygen atoms in total. The van der Waals surface area contributed by atoms with Crippen molar-refractivity contribution < 1.29 is 8.42 Å². The third kappa shape index (κ3) is 2.95. The molecule has 0 unspecified atom stereocenters. The van der Waals surface area contributed by atoms with Gasteiger partial charge >= 0.3 is 0 Å². The molecule has 1 aromatic heterocycles. The number of nitrogens with two attached hydrogens (primary N) is 1. The topological polar surface area (TPSA) is 98.0 Å². The molecular formula is C11H12N4O2S. The van der Waals surface area contributed by atoms with Gasteiger partial charge in [0.25, 0.3) is 0 Å². The maximum atomic E-state index is 11.3. The quantitative estimate of drug-likeness (QED) is 0.864. The predicted molar refractivity (Wildman–Crippen MR) is 69.3 cm³/mol. The lowest BCUT2D eigenvalue weighted by atomic mass is 10.3. The number of nitrogens with zero attached hydrogens (tertiary/aromatic N) is 2. The van der Waals surface area contributed by atoms with Gasteiger partial charge in [0.15, 0.2) is 9.84 Å². The van der Waals surface area contributed by atoms with E-state index < -0.39 is 9.84 Å². The van der Waals surface area contributed by atoms with Crippen molar-refractivity contribution >= 4 is 27.3 Å². The van der Waals surface area contributed by atoms with Gasteiger partial charge in [0.1, 0.15) is 5.82 Å². The summed E-state index contributed by atoms with van der Waals surface area (Å²) < 4.78 is 22.6. The predicted octanol–water partition coefficient (Wildman–Crippen LogP) is 1.21. The van der Waals surface area contributed by atoms with Crippen molar-refractivity contribution in [2.45, 2.75) is 4.90 Å². The molecule has 0 radical (unpaired) electrons. The zero-order valence-corrected chi connectivity index (χ0v) is 10.5. The minimum absolute atomic E-state index is 0.265. The van der Waals surface area contributed by atoms with Gasteiger partial charge in [-0.25, -0.2) is 13.4 Å². The summed E-state index contributed by atoms with van der Waals surface area (Å²) in [5.41, 5.74) is 6.21. The molecule has 2 rings (SSSR count). The molecule has 7 heteroatoms. The summed E-state index contributed by atoms with van der Waals surface area (Å²) >= 11 is 0. The number of sulfone groups is 1. The van der Waals surface area contributed by atoms with Gasteiger partial charge in [-0.3, -0.25) is 0 Å². The minimum atomic E-state index is -3.18. The van der Waals surface area contributed by atoms with E-state index in [1.54, 1.807) is 18.2 Å². The van der Waals surface area contributed by atoms with E-state index in [9.17, 15) is 8.42 Å². The van der Waals surface area contributed by atoms with Crippen molar-refractivity contribution in [1.29, 1.82) is 0 Å². The van der Waals surface area contributed by atoms with Crippen molar-refractivity contribution in [2.75, 3.05) is 17.3 Å². The largest absolute Gasteiger partial charge is 0.384 e. The maximum absolute atomic E-state index is 11.3. The van der Waals surface area contributed by atoms with Gasteiger partial charge < -0.3 is 11.1 Å². The first-order valence-electron chi connectivity index (χ1n) is 5.11. The Morgan fingerprint density at radius 3 is 2.39 bits per heavy atom. The van der Waals surface area contributed by atoms with E-state index in [0.29, 0.717) is 17.5 Å². The molecule has 18 heavy (non-hydrogen) atoms. The molecule has 0 aliphatic rings.